The minimum atomic E-state index is -1.98. The molecule has 0 radical (unpaired) electrons. The molecule has 2 unspecified atom stereocenters. The summed E-state index contributed by atoms with van der Waals surface area (Å²) in [5.74, 6) is -1.72. The quantitative estimate of drug-likeness (QED) is 0.333. The molecule has 188 valence electrons. The topological polar surface area (TPSA) is 97.9 Å². The van der Waals surface area contributed by atoms with Gasteiger partial charge in [-0.1, -0.05) is 36.4 Å². The van der Waals surface area contributed by atoms with E-state index in [0.29, 0.717) is 23.5 Å². The maximum atomic E-state index is 14.9. The van der Waals surface area contributed by atoms with Crippen LogP contribution < -0.4 is 10.9 Å². The highest BCUT2D eigenvalue weighted by molar-refractivity contribution is 5.81. The van der Waals surface area contributed by atoms with Crippen molar-refractivity contribution in [2.45, 2.75) is 31.7 Å². The van der Waals surface area contributed by atoms with E-state index in [0.717, 1.165) is 17.3 Å². The lowest BCUT2D eigenvalue weighted by Gasteiger charge is -2.35. The molecule has 0 spiro atoms. The number of halogens is 2. The van der Waals surface area contributed by atoms with Gasteiger partial charge in [-0.05, 0) is 36.8 Å². The Hall–Kier alpha value is -4.44. The highest BCUT2D eigenvalue weighted by Crippen LogP contribution is 2.36. The molecule has 3 aromatic carbocycles. The van der Waals surface area contributed by atoms with E-state index < -0.39 is 28.8 Å². The van der Waals surface area contributed by atoms with Crippen LogP contribution in [0.25, 0.3) is 10.9 Å². The monoisotopic (exact) mass is 502 g/mol. The van der Waals surface area contributed by atoms with Crippen LogP contribution in [0.1, 0.15) is 24.1 Å². The Morgan fingerprint density at radius 1 is 1.05 bits per heavy atom. The molecule has 0 fully saturated rings. The zero-order valence-electron chi connectivity index (χ0n) is 19.9. The Balaban J connectivity index is 1.50. The maximum Gasteiger partial charge on any atom is 0.261 e. The fourth-order valence-corrected chi connectivity index (χ4v) is 4.40. The first-order valence-corrected chi connectivity index (χ1v) is 11.6. The molecule has 0 amide bonds. The second kappa shape index (κ2) is 9.90. The van der Waals surface area contributed by atoms with Gasteiger partial charge in [0.25, 0.3) is 5.56 Å². The number of fused-ring (bicyclic) bond motifs is 1. The Labute approximate surface area is 210 Å². The van der Waals surface area contributed by atoms with Gasteiger partial charge in [-0.3, -0.25) is 9.36 Å². The van der Waals surface area contributed by atoms with E-state index >= 15 is 0 Å². The van der Waals surface area contributed by atoms with Crippen LogP contribution in [0.2, 0.25) is 0 Å². The largest absolute Gasteiger partial charge is 0.381 e. The molecular formula is C27H24F2N6O2. The minimum Gasteiger partial charge on any atom is -0.381 e. The first-order chi connectivity index (χ1) is 17.8. The lowest BCUT2D eigenvalue weighted by molar-refractivity contribution is -0.0343. The van der Waals surface area contributed by atoms with Crippen molar-refractivity contribution in [3.63, 3.8) is 0 Å². The molecule has 0 aliphatic heterocycles. The number of hydrogen-bond acceptors (Lipinski definition) is 6. The zero-order chi connectivity index (χ0) is 26.0. The van der Waals surface area contributed by atoms with Gasteiger partial charge in [-0.2, -0.15) is 5.10 Å². The SMILES string of the molecule is CC(n1cnc2cc(NCc3ccccc3)ccc2c1=O)C(O)(Cn1cncn1)c1ccc(F)cc1F. The summed E-state index contributed by atoms with van der Waals surface area (Å²) in [6.45, 7) is 1.95. The molecule has 2 heterocycles. The summed E-state index contributed by atoms with van der Waals surface area (Å²) in [6.07, 6.45) is 3.97. The highest BCUT2D eigenvalue weighted by Gasteiger charge is 2.41. The zero-order valence-corrected chi connectivity index (χ0v) is 19.9. The van der Waals surface area contributed by atoms with Gasteiger partial charge < -0.3 is 10.4 Å². The van der Waals surface area contributed by atoms with Crippen LogP contribution in [0.3, 0.4) is 0 Å². The van der Waals surface area contributed by atoms with Crippen LogP contribution in [0.5, 0.6) is 0 Å². The summed E-state index contributed by atoms with van der Waals surface area (Å²) in [7, 11) is 0. The predicted molar refractivity (Wildman–Crippen MR) is 135 cm³/mol. The normalized spacial score (nSPS) is 13.8. The van der Waals surface area contributed by atoms with Crippen molar-refractivity contribution in [2.24, 2.45) is 0 Å². The summed E-state index contributed by atoms with van der Waals surface area (Å²) in [5.41, 5.74) is -0.193. The van der Waals surface area contributed by atoms with Crippen LogP contribution in [0.15, 0.2) is 90.5 Å². The third kappa shape index (κ3) is 4.83. The number of anilines is 1. The Kier molecular flexibility index (Phi) is 6.49. The predicted octanol–water partition coefficient (Wildman–Crippen LogP) is 4.03. The van der Waals surface area contributed by atoms with Crippen LogP contribution in [-0.2, 0) is 18.7 Å². The van der Waals surface area contributed by atoms with Crippen LogP contribution >= 0.6 is 0 Å². The van der Waals surface area contributed by atoms with Gasteiger partial charge in [0.1, 0.15) is 29.9 Å². The molecule has 5 aromatic rings. The smallest absolute Gasteiger partial charge is 0.261 e. The molecule has 0 saturated heterocycles. The number of aromatic nitrogens is 5. The Morgan fingerprint density at radius 3 is 2.59 bits per heavy atom. The van der Waals surface area contributed by atoms with Crippen molar-refractivity contribution >= 4 is 16.6 Å². The standard InChI is InChI=1S/C27H24F2N6O2/c1-18(27(37,14-34-16-30-15-33-34)23-10-7-20(28)11-24(23)29)35-17-32-25-12-21(8-9-22(25)26(35)36)31-13-19-5-3-2-4-6-19/h2-12,15-18,31,37H,13-14H2,1H3. The van der Waals surface area contributed by atoms with Gasteiger partial charge in [0.2, 0.25) is 0 Å². The summed E-state index contributed by atoms with van der Waals surface area (Å²) in [4.78, 5) is 21.8. The molecule has 2 N–H and O–H groups in total. The van der Waals surface area contributed by atoms with E-state index in [2.05, 4.69) is 20.4 Å². The number of aliphatic hydroxyl groups is 1. The fraction of sp³-hybridized carbons (Fsp3) is 0.185. The number of rotatable bonds is 8. The average Bonchev–Trinajstić information content (AvgIpc) is 3.40. The van der Waals surface area contributed by atoms with Gasteiger partial charge in [0.05, 0.1) is 29.8 Å². The summed E-state index contributed by atoms with van der Waals surface area (Å²) < 4.78 is 31.1. The van der Waals surface area contributed by atoms with Gasteiger partial charge in [-0.15, -0.1) is 0 Å². The number of hydrogen-bond donors (Lipinski definition) is 2. The molecule has 0 aliphatic rings. The first kappa shape index (κ1) is 24.3. The van der Waals surface area contributed by atoms with E-state index in [1.54, 1.807) is 25.1 Å². The van der Waals surface area contributed by atoms with Crippen molar-refractivity contribution in [3.8, 4) is 0 Å². The summed E-state index contributed by atoms with van der Waals surface area (Å²) in [6, 6.07) is 17.0. The third-order valence-electron chi connectivity index (χ3n) is 6.50. The van der Waals surface area contributed by atoms with Gasteiger partial charge in [0.15, 0.2) is 0 Å². The van der Waals surface area contributed by atoms with E-state index in [1.807, 2.05) is 30.3 Å². The average molecular weight is 503 g/mol. The molecule has 0 aliphatic carbocycles. The highest BCUT2D eigenvalue weighted by atomic mass is 19.1. The summed E-state index contributed by atoms with van der Waals surface area (Å²) >= 11 is 0. The van der Waals surface area contributed by atoms with E-state index in [1.165, 1.54) is 34.3 Å². The minimum absolute atomic E-state index is 0.177. The number of nitrogens with zero attached hydrogens (tertiary/aromatic N) is 5. The molecule has 0 bridgehead atoms. The van der Waals surface area contributed by atoms with Gasteiger partial charge in [-0.25, -0.2) is 23.4 Å². The van der Waals surface area contributed by atoms with Gasteiger partial charge >= 0.3 is 0 Å². The molecule has 5 rings (SSSR count). The lowest BCUT2D eigenvalue weighted by atomic mass is 9.86. The van der Waals surface area contributed by atoms with Crippen LogP contribution in [0, 0.1) is 11.6 Å². The van der Waals surface area contributed by atoms with E-state index in [4.69, 9.17) is 0 Å². The molecule has 10 heteroatoms. The van der Waals surface area contributed by atoms with Crippen molar-refractivity contribution in [1.29, 1.82) is 0 Å². The molecule has 8 nitrogen and oxygen atoms in total. The lowest BCUT2D eigenvalue weighted by Crippen LogP contribution is -2.43. The number of nitrogens with one attached hydrogen (secondary N) is 1. The Morgan fingerprint density at radius 2 is 1.86 bits per heavy atom. The molecular weight excluding hydrogens is 478 g/mol. The van der Waals surface area contributed by atoms with Crippen molar-refractivity contribution in [3.05, 3.63) is 119 Å². The van der Waals surface area contributed by atoms with E-state index in [9.17, 15) is 18.7 Å². The molecule has 0 saturated carbocycles. The molecule has 2 atom stereocenters. The maximum absolute atomic E-state index is 14.9. The van der Waals surface area contributed by atoms with Crippen LogP contribution in [-0.4, -0.2) is 29.4 Å². The number of benzene rings is 3. The van der Waals surface area contributed by atoms with Crippen molar-refractivity contribution in [2.75, 3.05) is 5.32 Å². The second-order valence-electron chi connectivity index (χ2n) is 8.85. The molecule has 37 heavy (non-hydrogen) atoms. The fourth-order valence-electron chi connectivity index (χ4n) is 4.40. The molecule has 2 aromatic heterocycles. The van der Waals surface area contributed by atoms with Gasteiger partial charge in [0, 0.05) is 23.9 Å². The third-order valence-corrected chi connectivity index (χ3v) is 6.50. The van der Waals surface area contributed by atoms with Crippen molar-refractivity contribution < 1.29 is 13.9 Å². The van der Waals surface area contributed by atoms with E-state index in [-0.39, 0.29) is 12.1 Å². The van der Waals surface area contributed by atoms with Crippen LogP contribution in [0.4, 0.5) is 14.5 Å². The second-order valence-corrected chi connectivity index (χ2v) is 8.85. The first-order valence-electron chi connectivity index (χ1n) is 11.6. The van der Waals surface area contributed by atoms with Crippen molar-refractivity contribution in [1.82, 2.24) is 24.3 Å². The summed E-state index contributed by atoms with van der Waals surface area (Å²) in [5, 5.41) is 19.5. The Bertz CT molecular complexity index is 1590.